The normalized spacial score (nSPS) is 14.4. The summed E-state index contributed by atoms with van der Waals surface area (Å²) in [7, 11) is 0. The Bertz CT molecular complexity index is 1140. The highest BCUT2D eigenvalue weighted by Crippen LogP contribution is 2.42. The fourth-order valence-corrected chi connectivity index (χ4v) is 3.49. The molecule has 0 spiro atoms. The summed E-state index contributed by atoms with van der Waals surface area (Å²) in [5.41, 5.74) is -0.694. The lowest BCUT2D eigenvalue weighted by Gasteiger charge is -2.31. The standard InChI is InChI=1S/C19H15ClFN3O4/c1-10(21)14-12(8-11(20)9-13(14)24-4-6-27-7-5-24)15-17(25)16-18(28-19(15)26)23-3-2-22-16/h2-3,8-9,25H,1,4-7H2. The van der Waals surface area contributed by atoms with Crippen molar-refractivity contribution in [2.45, 2.75) is 0 Å². The molecule has 3 heterocycles. The van der Waals surface area contributed by atoms with Crippen LogP contribution in [0.3, 0.4) is 0 Å². The molecule has 0 aliphatic carbocycles. The van der Waals surface area contributed by atoms with Crippen LogP contribution in [0.25, 0.3) is 28.2 Å². The number of anilines is 1. The largest absolute Gasteiger partial charge is 0.505 e. The minimum absolute atomic E-state index is 0.0135. The van der Waals surface area contributed by atoms with Gasteiger partial charge in [-0.3, -0.25) is 0 Å². The highest BCUT2D eigenvalue weighted by atomic mass is 35.5. The Morgan fingerprint density at radius 1 is 1.25 bits per heavy atom. The molecule has 0 bridgehead atoms. The van der Waals surface area contributed by atoms with Crippen molar-refractivity contribution in [1.29, 1.82) is 0 Å². The molecule has 7 nitrogen and oxygen atoms in total. The minimum atomic E-state index is -0.886. The number of halogens is 2. The molecular formula is C19H15ClFN3O4. The zero-order valence-corrected chi connectivity index (χ0v) is 15.4. The Kier molecular flexibility index (Phi) is 4.74. The molecule has 0 amide bonds. The molecule has 0 atom stereocenters. The summed E-state index contributed by atoms with van der Waals surface area (Å²) >= 11 is 6.27. The van der Waals surface area contributed by atoms with E-state index in [-0.39, 0.29) is 32.9 Å². The van der Waals surface area contributed by atoms with Gasteiger partial charge in [0, 0.05) is 47.3 Å². The molecule has 1 fully saturated rings. The van der Waals surface area contributed by atoms with E-state index in [4.69, 9.17) is 20.8 Å². The van der Waals surface area contributed by atoms with E-state index in [2.05, 4.69) is 16.5 Å². The third kappa shape index (κ3) is 3.10. The fraction of sp³-hybridized carbons (Fsp3) is 0.211. The molecule has 2 aromatic heterocycles. The molecule has 3 aromatic rings. The van der Waals surface area contributed by atoms with Crippen LogP contribution in [0.1, 0.15) is 5.56 Å². The SMILES string of the molecule is C=C(F)c1c(-c2c(O)c3nccnc3oc2=O)cc(Cl)cc1N1CCOCC1. The Morgan fingerprint density at radius 3 is 2.68 bits per heavy atom. The van der Waals surface area contributed by atoms with Crippen molar-refractivity contribution in [1.82, 2.24) is 9.97 Å². The Morgan fingerprint density at radius 2 is 1.96 bits per heavy atom. The second kappa shape index (κ2) is 7.21. The quantitative estimate of drug-likeness (QED) is 0.717. The second-order valence-corrected chi connectivity index (χ2v) is 6.61. The van der Waals surface area contributed by atoms with Gasteiger partial charge in [0.15, 0.2) is 11.3 Å². The number of morpholine rings is 1. The van der Waals surface area contributed by atoms with Gasteiger partial charge in [-0.05, 0) is 12.1 Å². The van der Waals surface area contributed by atoms with Gasteiger partial charge in [-0.15, -0.1) is 0 Å². The molecule has 0 saturated carbocycles. The summed E-state index contributed by atoms with van der Waals surface area (Å²) in [6.45, 7) is 5.39. The monoisotopic (exact) mass is 403 g/mol. The van der Waals surface area contributed by atoms with Crippen LogP contribution in [0.5, 0.6) is 5.75 Å². The zero-order chi connectivity index (χ0) is 19.8. The first-order chi connectivity index (χ1) is 13.5. The molecule has 1 aliphatic heterocycles. The molecular weight excluding hydrogens is 389 g/mol. The van der Waals surface area contributed by atoms with Gasteiger partial charge >= 0.3 is 5.63 Å². The van der Waals surface area contributed by atoms with Crippen molar-refractivity contribution >= 4 is 34.3 Å². The van der Waals surface area contributed by atoms with Gasteiger partial charge in [0.25, 0.3) is 5.71 Å². The molecule has 144 valence electrons. The molecule has 0 unspecified atom stereocenters. The smallest absolute Gasteiger partial charge is 0.349 e. The maximum atomic E-state index is 14.6. The highest BCUT2D eigenvalue weighted by molar-refractivity contribution is 6.31. The molecule has 1 saturated heterocycles. The summed E-state index contributed by atoms with van der Waals surface area (Å²) in [5, 5.41) is 11.0. The van der Waals surface area contributed by atoms with Crippen LogP contribution < -0.4 is 10.5 Å². The number of benzene rings is 1. The number of hydrogen-bond donors (Lipinski definition) is 1. The van der Waals surface area contributed by atoms with Gasteiger partial charge in [0.2, 0.25) is 0 Å². The van der Waals surface area contributed by atoms with E-state index in [1.807, 2.05) is 4.90 Å². The van der Waals surface area contributed by atoms with Crippen molar-refractivity contribution in [3.05, 3.63) is 52.1 Å². The predicted octanol–water partition coefficient (Wildman–Crippen LogP) is 3.39. The first kappa shape index (κ1) is 18.4. The van der Waals surface area contributed by atoms with Crippen molar-refractivity contribution < 1.29 is 18.7 Å². The van der Waals surface area contributed by atoms with Crippen LogP contribution in [0.15, 0.2) is 40.3 Å². The summed E-state index contributed by atoms with van der Waals surface area (Å²) in [4.78, 5) is 22.4. The molecule has 0 radical (unpaired) electrons. The van der Waals surface area contributed by atoms with Crippen LogP contribution in [0.2, 0.25) is 5.02 Å². The first-order valence-electron chi connectivity index (χ1n) is 8.45. The molecule has 4 rings (SSSR count). The van der Waals surface area contributed by atoms with Gasteiger partial charge in [0.1, 0.15) is 11.4 Å². The highest BCUT2D eigenvalue weighted by Gasteiger charge is 2.26. The number of aromatic nitrogens is 2. The third-order valence-corrected chi connectivity index (χ3v) is 4.71. The van der Waals surface area contributed by atoms with Crippen LogP contribution in [0, 0.1) is 0 Å². The lowest BCUT2D eigenvalue weighted by atomic mass is 9.97. The fourth-order valence-electron chi connectivity index (χ4n) is 3.28. The maximum absolute atomic E-state index is 14.6. The number of fused-ring (bicyclic) bond motifs is 1. The minimum Gasteiger partial charge on any atom is -0.505 e. The van der Waals surface area contributed by atoms with Gasteiger partial charge < -0.3 is 19.2 Å². The Balaban J connectivity index is 2.03. The molecule has 28 heavy (non-hydrogen) atoms. The second-order valence-electron chi connectivity index (χ2n) is 6.18. The lowest BCUT2D eigenvalue weighted by molar-refractivity contribution is 0.122. The third-order valence-electron chi connectivity index (χ3n) is 4.49. The Labute approximate surface area is 163 Å². The summed E-state index contributed by atoms with van der Waals surface area (Å²) < 4.78 is 25.1. The van der Waals surface area contributed by atoms with Gasteiger partial charge in [-0.1, -0.05) is 18.2 Å². The molecule has 1 aromatic carbocycles. The van der Waals surface area contributed by atoms with Crippen molar-refractivity contribution in [3.63, 3.8) is 0 Å². The zero-order valence-electron chi connectivity index (χ0n) is 14.6. The van der Waals surface area contributed by atoms with E-state index in [0.29, 0.717) is 32.0 Å². The summed E-state index contributed by atoms with van der Waals surface area (Å²) in [6.07, 6.45) is 2.67. The maximum Gasteiger partial charge on any atom is 0.349 e. The van der Waals surface area contributed by atoms with Crippen LogP contribution in [-0.4, -0.2) is 41.4 Å². The first-order valence-corrected chi connectivity index (χ1v) is 8.83. The molecule has 1 aliphatic rings. The molecule has 9 heteroatoms. The number of aromatic hydroxyl groups is 1. The van der Waals surface area contributed by atoms with Crippen molar-refractivity contribution in [3.8, 4) is 16.9 Å². The lowest BCUT2D eigenvalue weighted by Crippen LogP contribution is -2.36. The molecule has 1 N–H and O–H groups in total. The Hall–Kier alpha value is -2.97. The van der Waals surface area contributed by atoms with Gasteiger partial charge in [-0.25, -0.2) is 19.2 Å². The predicted molar refractivity (Wildman–Crippen MR) is 103 cm³/mol. The number of hydrogen-bond acceptors (Lipinski definition) is 7. The number of nitrogens with zero attached hydrogens (tertiary/aromatic N) is 3. The van der Waals surface area contributed by atoms with Crippen LogP contribution in [0.4, 0.5) is 10.1 Å². The van der Waals surface area contributed by atoms with E-state index >= 15 is 0 Å². The average molecular weight is 404 g/mol. The van der Waals surface area contributed by atoms with E-state index in [1.165, 1.54) is 18.5 Å². The van der Waals surface area contributed by atoms with Crippen molar-refractivity contribution in [2.24, 2.45) is 0 Å². The summed E-state index contributed by atoms with van der Waals surface area (Å²) in [5.74, 6) is -1.23. The van der Waals surface area contributed by atoms with Crippen molar-refractivity contribution in [2.75, 3.05) is 31.2 Å². The van der Waals surface area contributed by atoms with E-state index in [1.54, 1.807) is 6.07 Å². The van der Waals surface area contributed by atoms with E-state index < -0.39 is 17.2 Å². The van der Waals surface area contributed by atoms with Gasteiger partial charge in [-0.2, -0.15) is 0 Å². The summed E-state index contributed by atoms with van der Waals surface area (Å²) in [6, 6.07) is 2.98. The topological polar surface area (TPSA) is 88.7 Å². The van der Waals surface area contributed by atoms with Crippen LogP contribution >= 0.6 is 11.6 Å². The van der Waals surface area contributed by atoms with E-state index in [9.17, 15) is 14.3 Å². The number of rotatable bonds is 3. The number of ether oxygens (including phenoxy) is 1. The van der Waals surface area contributed by atoms with E-state index in [0.717, 1.165) is 0 Å². The van der Waals surface area contributed by atoms with Crippen LogP contribution in [-0.2, 0) is 4.74 Å². The average Bonchev–Trinajstić information content (AvgIpc) is 2.68. The van der Waals surface area contributed by atoms with Gasteiger partial charge in [0.05, 0.1) is 13.2 Å².